The maximum absolute atomic E-state index is 11.6. The Hall–Kier alpha value is -1.18. The van der Waals surface area contributed by atoms with Crippen LogP contribution in [0.5, 0.6) is 0 Å². The van der Waals surface area contributed by atoms with E-state index < -0.39 is 5.97 Å². The maximum atomic E-state index is 11.6. The number of allylic oxidation sites excluding steroid dienone is 1. The monoisotopic (exact) mass is 334 g/mol. The molecule has 0 unspecified atom stereocenters. The van der Waals surface area contributed by atoms with Crippen LogP contribution in [-0.2, 0) is 16.1 Å². The number of ether oxygens (including phenoxy) is 1. The third-order valence-electron chi connectivity index (χ3n) is 1.96. The number of carbonyl (C=O) groups is 1. The van der Waals surface area contributed by atoms with Crippen molar-refractivity contribution in [2.75, 3.05) is 7.11 Å². The summed E-state index contributed by atoms with van der Waals surface area (Å²) in [6.07, 6.45) is 4.56. The lowest BCUT2D eigenvalue weighted by atomic mass is 10.3. The van der Waals surface area contributed by atoms with Crippen molar-refractivity contribution in [3.8, 4) is 0 Å². The highest BCUT2D eigenvalue weighted by Crippen LogP contribution is 1.97. The van der Waals surface area contributed by atoms with Crippen molar-refractivity contribution < 1.29 is 9.53 Å². The molecule has 0 N–H and O–H groups in total. The van der Waals surface area contributed by atoms with Crippen LogP contribution < -0.4 is 5.56 Å². The van der Waals surface area contributed by atoms with E-state index in [2.05, 4.69) is 9.72 Å². The summed E-state index contributed by atoms with van der Waals surface area (Å²) in [5.74, 6) is -0.397. The SMILES string of the molecule is COC(=O)C(C)=CCn1cncc(I)c1=O. The molecule has 0 spiro atoms. The summed E-state index contributed by atoms with van der Waals surface area (Å²) in [6.45, 7) is 1.95. The standard InChI is InChI=1S/C10H11IN2O3/c1-7(10(15)16-2)3-4-13-6-12-5-8(11)9(13)14/h3,5-6H,4H2,1-2H3. The van der Waals surface area contributed by atoms with Gasteiger partial charge in [0.05, 0.1) is 17.0 Å². The highest BCUT2D eigenvalue weighted by molar-refractivity contribution is 14.1. The van der Waals surface area contributed by atoms with Crippen molar-refractivity contribution in [1.29, 1.82) is 0 Å². The molecule has 5 nitrogen and oxygen atoms in total. The molecule has 1 rings (SSSR count). The number of rotatable bonds is 3. The van der Waals surface area contributed by atoms with Crippen LogP contribution in [0, 0.1) is 3.57 Å². The zero-order valence-corrected chi connectivity index (χ0v) is 11.1. The molecule has 0 saturated heterocycles. The van der Waals surface area contributed by atoms with E-state index in [1.807, 2.05) is 22.6 Å². The van der Waals surface area contributed by atoms with E-state index in [4.69, 9.17) is 0 Å². The minimum absolute atomic E-state index is 0.121. The minimum atomic E-state index is -0.397. The molecule has 0 aliphatic rings. The first-order valence-corrected chi connectivity index (χ1v) is 5.59. The van der Waals surface area contributed by atoms with Gasteiger partial charge < -0.3 is 4.74 Å². The Morgan fingerprint density at radius 2 is 2.38 bits per heavy atom. The molecule has 0 atom stereocenters. The summed E-state index contributed by atoms with van der Waals surface area (Å²) < 4.78 is 6.51. The number of methoxy groups -OCH3 is 1. The van der Waals surface area contributed by atoms with Crippen LogP contribution in [0.15, 0.2) is 29.0 Å². The van der Waals surface area contributed by atoms with E-state index >= 15 is 0 Å². The van der Waals surface area contributed by atoms with Crippen molar-refractivity contribution in [3.63, 3.8) is 0 Å². The predicted octanol–water partition coefficient (Wildman–Crippen LogP) is 0.967. The van der Waals surface area contributed by atoms with E-state index in [-0.39, 0.29) is 5.56 Å². The molecule has 0 aromatic carbocycles. The van der Waals surface area contributed by atoms with Crippen molar-refractivity contribution in [2.24, 2.45) is 0 Å². The second-order valence-electron chi connectivity index (χ2n) is 3.08. The number of hydrogen-bond acceptors (Lipinski definition) is 4. The predicted molar refractivity (Wildman–Crippen MR) is 67.0 cm³/mol. The van der Waals surface area contributed by atoms with Crippen molar-refractivity contribution in [1.82, 2.24) is 9.55 Å². The van der Waals surface area contributed by atoms with Gasteiger partial charge in [-0.1, -0.05) is 6.08 Å². The Kier molecular flexibility index (Phi) is 4.66. The van der Waals surface area contributed by atoms with Gasteiger partial charge >= 0.3 is 5.97 Å². The number of aromatic nitrogens is 2. The van der Waals surface area contributed by atoms with Gasteiger partial charge in [-0.05, 0) is 29.5 Å². The van der Waals surface area contributed by atoms with Crippen LogP contribution in [0.25, 0.3) is 0 Å². The molecular formula is C10H11IN2O3. The number of hydrogen-bond donors (Lipinski definition) is 0. The Bertz CT molecular complexity index is 479. The number of carbonyl (C=O) groups excluding carboxylic acids is 1. The van der Waals surface area contributed by atoms with Gasteiger partial charge in [-0.3, -0.25) is 9.36 Å². The number of esters is 1. The van der Waals surface area contributed by atoms with E-state index in [1.165, 1.54) is 24.2 Å². The van der Waals surface area contributed by atoms with E-state index in [1.54, 1.807) is 13.0 Å². The van der Waals surface area contributed by atoms with Crippen LogP contribution in [0.1, 0.15) is 6.92 Å². The Labute approximate surface area is 106 Å². The van der Waals surface area contributed by atoms with Gasteiger partial charge in [-0.2, -0.15) is 0 Å². The van der Waals surface area contributed by atoms with Gasteiger partial charge in [0.25, 0.3) is 5.56 Å². The lowest BCUT2D eigenvalue weighted by molar-refractivity contribution is -0.136. The summed E-state index contributed by atoms with van der Waals surface area (Å²) in [7, 11) is 1.32. The molecule has 0 fully saturated rings. The first-order chi connectivity index (χ1) is 7.56. The Balaban J connectivity index is 2.87. The second-order valence-corrected chi connectivity index (χ2v) is 4.24. The van der Waals surface area contributed by atoms with Gasteiger partial charge in [-0.15, -0.1) is 0 Å². The Morgan fingerprint density at radius 3 is 3.00 bits per heavy atom. The van der Waals surface area contributed by atoms with Gasteiger partial charge in [0.1, 0.15) is 0 Å². The van der Waals surface area contributed by atoms with Crippen LogP contribution in [0.4, 0.5) is 0 Å². The topological polar surface area (TPSA) is 61.2 Å². The fraction of sp³-hybridized carbons (Fsp3) is 0.300. The van der Waals surface area contributed by atoms with Crippen molar-refractivity contribution in [3.05, 3.63) is 38.1 Å². The average molecular weight is 334 g/mol. The smallest absolute Gasteiger partial charge is 0.333 e. The normalized spacial score (nSPS) is 11.3. The fourth-order valence-electron chi connectivity index (χ4n) is 1.03. The summed E-state index contributed by atoms with van der Waals surface area (Å²) >= 11 is 1.92. The molecule has 0 amide bonds. The van der Waals surface area contributed by atoms with Crippen LogP contribution in [0.3, 0.4) is 0 Å². The second kappa shape index (κ2) is 5.78. The Morgan fingerprint density at radius 1 is 1.69 bits per heavy atom. The lowest BCUT2D eigenvalue weighted by Crippen LogP contribution is -2.22. The largest absolute Gasteiger partial charge is 0.466 e. The fourth-order valence-corrected chi connectivity index (χ4v) is 1.50. The average Bonchev–Trinajstić information content (AvgIpc) is 2.29. The van der Waals surface area contributed by atoms with Gasteiger partial charge in [0.15, 0.2) is 0 Å². The highest BCUT2D eigenvalue weighted by atomic mass is 127. The zero-order valence-electron chi connectivity index (χ0n) is 8.94. The quantitative estimate of drug-likeness (QED) is 0.469. The molecule has 1 heterocycles. The van der Waals surface area contributed by atoms with Crippen molar-refractivity contribution >= 4 is 28.6 Å². The third kappa shape index (κ3) is 3.16. The maximum Gasteiger partial charge on any atom is 0.333 e. The molecule has 0 saturated carbocycles. The zero-order chi connectivity index (χ0) is 12.1. The first-order valence-electron chi connectivity index (χ1n) is 4.51. The number of nitrogens with zero attached hydrogens (tertiary/aromatic N) is 2. The summed E-state index contributed by atoms with van der Waals surface area (Å²) in [5, 5.41) is 0. The number of halogens is 1. The lowest BCUT2D eigenvalue weighted by Gasteiger charge is -2.02. The molecule has 1 aromatic rings. The molecule has 0 aliphatic heterocycles. The molecule has 1 aromatic heterocycles. The van der Waals surface area contributed by atoms with Gasteiger partial charge in [0, 0.05) is 18.3 Å². The van der Waals surface area contributed by atoms with E-state index in [0.717, 1.165) is 0 Å². The van der Waals surface area contributed by atoms with Crippen LogP contribution in [-0.4, -0.2) is 22.6 Å². The molecule has 6 heteroatoms. The molecule has 0 aliphatic carbocycles. The van der Waals surface area contributed by atoms with E-state index in [0.29, 0.717) is 15.7 Å². The first kappa shape index (κ1) is 12.9. The summed E-state index contributed by atoms with van der Waals surface area (Å²) in [5.41, 5.74) is 0.345. The van der Waals surface area contributed by atoms with Crippen molar-refractivity contribution in [2.45, 2.75) is 13.5 Å². The molecule has 86 valence electrons. The van der Waals surface area contributed by atoms with Crippen LogP contribution in [0.2, 0.25) is 0 Å². The summed E-state index contributed by atoms with van der Waals surface area (Å²) in [4.78, 5) is 26.6. The third-order valence-corrected chi connectivity index (χ3v) is 2.70. The highest BCUT2D eigenvalue weighted by Gasteiger charge is 2.03. The van der Waals surface area contributed by atoms with Crippen LogP contribution >= 0.6 is 22.6 Å². The molecule has 16 heavy (non-hydrogen) atoms. The molecular weight excluding hydrogens is 323 g/mol. The van der Waals surface area contributed by atoms with E-state index in [9.17, 15) is 9.59 Å². The van der Waals surface area contributed by atoms with Gasteiger partial charge in [-0.25, -0.2) is 9.78 Å². The minimum Gasteiger partial charge on any atom is -0.466 e. The molecule has 0 bridgehead atoms. The molecule has 0 radical (unpaired) electrons. The summed E-state index contributed by atoms with van der Waals surface area (Å²) in [6, 6.07) is 0. The van der Waals surface area contributed by atoms with Gasteiger partial charge in [0.2, 0.25) is 0 Å².